The van der Waals surface area contributed by atoms with Crippen molar-refractivity contribution in [3.8, 4) is 11.1 Å². The van der Waals surface area contributed by atoms with E-state index in [4.69, 9.17) is 4.74 Å². The number of methoxy groups -OCH3 is 1. The van der Waals surface area contributed by atoms with Crippen LogP contribution in [-0.4, -0.2) is 61.4 Å². The van der Waals surface area contributed by atoms with Crippen LogP contribution >= 0.6 is 24.4 Å². The Morgan fingerprint density at radius 1 is 1.25 bits per heavy atom. The highest BCUT2D eigenvalue weighted by molar-refractivity contribution is 7.98. The number of carbonyl (C=O) groups is 2. The van der Waals surface area contributed by atoms with E-state index in [2.05, 4.69) is 28.6 Å². The van der Waals surface area contributed by atoms with Gasteiger partial charge >= 0.3 is 5.97 Å². The molecule has 3 atom stereocenters. The molecule has 3 rings (SSSR count). The van der Waals surface area contributed by atoms with Gasteiger partial charge in [-0.2, -0.15) is 24.4 Å². The molecule has 1 aliphatic heterocycles. The quantitative estimate of drug-likeness (QED) is 0.313. The van der Waals surface area contributed by atoms with Gasteiger partial charge in [0, 0.05) is 29.1 Å². The highest BCUT2D eigenvalue weighted by Gasteiger charge is 2.25. The number of carbonyl (C=O) groups excluding carboxylic acids is 2. The molecule has 0 unspecified atom stereocenters. The van der Waals surface area contributed by atoms with Crippen LogP contribution in [0.5, 0.6) is 0 Å². The lowest BCUT2D eigenvalue weighted by molar-refractivity contribution is -0.142. The van der Waals surface area contributed by atoms with Gasteiger partial charge in [0.2, 0.25) is 0 Å². The molecule has 1 amide bonds. The molecule has 0 spiro atoms. The molecule has 2 aromatic rings. The molecular formula is C24H31N3O3S2. The molecular weight excluding hydrogens is 442 g/mol. The second-order valence-corrected chi connectivity index (χ2v) is 9.40. The third-order valence-electron chi connectivity index (χ3n) is 5.59. The van der Waals surface area contributed by atoms with Crippen LogP contribution in [0, 0.1) is 0 Å². The molecule has 0 bridgehead atoms. The maximum atomic E-state index is 13.3. The number of nitrogens with one attached hydrogen (secondary N) is 3. The Morgan fingerprint density at radius 3 is 2.69 bits per heavy atom. The molecule has 0 radical (unpaired) electrons. The summed E-state index contributed by atoms with van der Waals surface area (Å²) in [7, 11) is 1.34. The van der Waals surface area contributed by atoms with E-state index in [0.717, 1.165) is 42.1 Å². The van der Waals surface area contributed by atoms with Gasteiger partial charge in [0.1, 0.15) is 6.04 Å². The average molecular weight is 474 g/mol. The number of hydrogen-bond acceptors (Lipinski definition) is 7. The summed E-state index contributed by atoms with van der Waals surface area (Å²) in [6, 6.07) is 15.1. The summed E-state index contributed by atoms with van der Waals surface area (Å²) in [5.74, 6) is 0.0112. The van der Waals surface area contributed by atoms with E-state index < -0.39 is 12.0 Å². The lowest BCUT2D eigenvalue weighted by Crippen LogP contribution is -2.42. The zero-order chi connectivity index (χ0) is 22.9. The summed E-state index contributed by atoms with van der Waals surface area (Å²) in [4.78, 5) is 25.5. The van der Waals surface area contributed by atoms with E-state index in [0.29, 0.717) is 17.2 Å². The standard InChI is InChI=1S/C24H31N3O3S2/c1-30-24(29)20(11-13-32-2)27-23(28)19-14-17(26-15-21-22(31)10-12-25-21)8-9-18(19)16-6-4-3-5-7-16/h3-9,14,20-22,25-26,31H,10-13,15H2,1-2H3,(H,27,28)/t20-,21+,22-/m0/s1. The monoisotopic (exact) mass is 473 g/mol. The minimum atomic E-state index is -0.687. The third kappa shape index (κ3) is 6.43. The Labute approximate surface area is 199 Å². The van der Waals surface area contributed by atoms with Gasteiger partial charge in [0.25, 0.3) is 5.91 Å². The molecule has 1 aliphatic rings. The van der Waals surface area contributed by atoms with E-state index in [1.165, 1.54) is 7.11 Å². The van der Waals surface area contributed by atoms with Gasteiger partial charge < -0.3 is 20.7 Å². The normalized spacial score (nSPS) is 18.7. The second-order valence-electron chi connectivity index (χ2n) is 7.75. The third-order valence-corrected chi connectivity index (χ3v) is 6.85. The van der Waals surface area contributed by atoms with Crippen molar-refractivity contribution in [2.45, 2.75) is 30.2 Å². The number of rotatable bonds is 10. The largest absolute Gasteiger partial charge is 0.467 e. The molecule has 0 saturated carbocycles. The lowest BCUT2D eigenvalue weighted by Gasteiger charge is -2.20. The fraction of sp³-hybridized carbons (Fsp3) is 0.417. The van der Waals surface area contributed by atoms with Crippen LogP contribution in [0.4, 0.5) is 5.69 Å². The minimum absolute atomic E-state index is 0.277. The molecule has 8 heteroatoms. The molecule has 1 saturated heterocycles. The average Bonchev–Trinajstić information content (AvgIpc) is 3.24. The number of benzene rings is 2. The number of thiol groups is 1. The van der Waals surface area contributed by atoms with Gasteiger partial charge in [-0.25, -0.2) is 4.79 Å². The zero-order valence-corrected chi connectivity index (χ0v) is 20.2. The van der Waals surface area contributed by atoms with Crippen molar-refractivity contribution >= 4 is 42.0 Å². The summed E-state index contributed by atoms with van der Waals surface area (Å²) in [6.07, 6.45) is 3.52. The minimum Gasteiger partial charge on any atom is -0.467 e. The first kappa shape index (κ1) is 24.5. The molecule has 1 heterocycles. The Bertz CT molecular complexity index is 911. The SMILES string of the molecule is COC(=O)[C@H](CCSC)NC(=O)c1cc(NC[C@H]2NCC[C@@H]2S)ccc1-c1ccccc1. The summed E-state index contributed by atoms with van der Waals surface area (Å²) in [6.45, 7) is 1.69. The predicted molar refractivity (Wildman–Crippen MR) is 136 cm³/mol. The summed E-state index contributed by atoms with van der Waals surface area (Å²) < 4.78 is 4.90. The van der Waals surface area contributed by atoms with E-state index in [1.54, 1.807) is 11.8 Å². The van der Waals surface area contributed by atoms with Crippen molar-refractivity contribution < 1.29 is 14.3 Å². The number of anilines is 1. The van der Waals surface area contributed by atoms with Crippen molar-refractivity contribution in [2.24, 2.45) is 0 Å². The van der Waals surface area contributed by atoms with Crippen molar-refractivity contribution in [1.82, 2.24) is 10.6 Å². The molecule has 3 N–H and O–H groups in total. The van der Waals surface area contributed by atoms with Gasteiger partial charge in [-0.1, -0.05) is 36.4 Å². The topological polar surface area (TPSA) is 79.5 Å². The van der Waals surface area contributed by atoms with Gasteiger partial charge in [0.05, 0.1) is 7.11 Å². The van der Waals surface area contributed by atoms with Crippen molar-refractivity contribution in [2.75, 3.05) is 37.5 Å². The number of hydrogen-bond donors (Lipinski definition) is 4. The van der Waals surface area contributed by atoms with Crippen molar-refractivity contribution in [1.29, 1.82) is 0 Å². The summed E-state index contributed by atoms with van der Waals surface area (Å²) in [5.41, 5.74) is 3.12. The number of amides is 1. The van der Waals surface area contributed by atoms with Crippen molar-refractivity contribution in [3.05, 3.63) is 54.1 Å². The smallest absolute Gasteiger partial charge is 0.328 e. The Kier molecular flexibility index (Phi) is 9.32. The number of ether oxygens (including phenoxy) is 1. The van der Waals surface area contributed by atoms with Crippen LogP contribution in [0.2, 0.25) is 0 Å². The first-order chi connectivity index (χ1) is 15.5. The molecule has 1 fully saturated rings. The number of thioether (sulfide) groups is 1. The van der Waals surface area contributed by atoms with Crippen molar-refractivity contribution in [3.63, 3.8) is 0 Å². The second kappa shape index (κ2) is 12.2. The highest BCUT2D eigenvalue weighted by atomic mass is 32.2. The van der Waals surface area contributed by atoms with Crippen LogP contribution < -0.4 is 16.0 Å². The van der Waals surface area contributed by atoms with Gasteiger partial charge in [-0.3, -0.25) is 4.79 Å². The van der Waals surface area contributed by atoms with E-state index in [1.807, 2.05) is 54.8 Å². The van der Waals surface area contributed by atoms with E-state index >= 15 is 0 Å². The highest BCUT2D eigenvalue weighted by Crippen LogP contribution is 2.27. The molecule has 32 heavy (non-hydrogen) atoms. The number of esters is 1. The van der Waals surface area contributed by atoms with Crippen LogP contribution in [0.1, 0.15) is 23.2 Å². The van der Waals surface area contributed by atoms with E-state index in [-0.39, 0.29) is 11.9 Å². The van der Waals surface area contributed by atoms with Crippen LogP contribution in [-0.2, 0) is 9.53 Å². The molecule has 0 aromatic heterocycles. The Morgan fingerprint density at radius 2 is 2.03 bits per heavy atom. The first-order valence-corrected chi connectivity index (χ1v) is 12.7. The van der Waals surface area contributed by atoms with Gasteiger partial charge in [-0.05, 0) is 54.7 Å². The van der Waals surface area contributed by atoms with Gasteiger partial charge in [-0.15, -0.1) is 0 Å². The zero-order valence-electron chi connectivity index (χ0n) is 18.5. The lowest BCUT2D eigenvalue weighted by atomic mass is 9.98. The maximum Gasteiger partial charge on any atom is 0.328 e. The fourth-order valence-corrected chi connectivity index (χ4v) is 4.58. The van der Waals surface area contributed by atoms with Crippen LogP contribution in [0.15, 0.2) is 48.5 Å². The first-order valence-electron chi connectivity index (χ1n) is 10.8. The fourth-order valence-electron chi connectivity index (χ4n) is 3.76. The predicted octanol–water partition coefficient (Wildman–Crippen LogP) is 3.45. The maximum absolute atomic E-state index is 13.3. The van der Waals surface area contributed by atoms with E-state index in [9.17, 15) is 9.59 Å². The molecule has 0 aliphatic carbocycles. The Balaban J connectivity index is 1.85. The van der Waals surface area contributed by atoms with Gasteiger partial charge in [0.15, 0.2) is 0 Å². The Hall–Kier alpha value is -2.16. The summed E-state index contributed by atoms with van der Waals surface area (Å²) in [5, 5.41) is 10.1. The molecule has 172 valence electrons. The molecule has 2 aromatic carbocycles. The summed E-state index contributed by atoms with van der Waals surface area (Å²) >= 11 is 6.25. The molecule has 6 nitrogen and oxygen atoms in total. The van der Waals surface area contributed by atoms with Crippen LogP contribution in [0.3, 0.4) is 0 Å². The van der Waals surface area contributed by atoms with Crippen LogP contribution in [0.25, 0.3) is 11.1 Å².